The average molecular weight is 231 g/mol. The number of aryl methyl sites for hydroxylation is 1. The van der Waals surface area contributed by atoms with Gasteiger partial charge in [0.05, 0.1) is 19.3 Å². The maximum Gasteiger partial charge on any atom is 0.287 e. The van der Waals surface area contributed by atoms with Crippen LogP contribution in [0.2, 0.25) is 0 Å². The summed E-state index contributed by atoms with van der Waals surface area (Å²) in [5, 5.41) is 16.0. The normalized spacial score (nSPS) is 10.3. The molecule has 0 aliphatic heterocycles. The number of amides is 1. The quantitative estimate of drug-likeness (QED) is 0.241. The monoisotopic (exact) mass is 231 g/mol. The second-order valence-electron chi connectivity index (χ2n) is 2.68. The maximum atomic E-state index is 11.0. The van der Waals surface area contributed by atoms with Crippen molar-refractivity contribution in [3.05, 3.63) is 11.9 Å². The molecule has 4 N–H and O–H groups in total. The first-order valence-electron chi connectivity index (χ1n) is 4.37. The van der Waals surface area contributed by atoms with Crippen LogP contribution in [0, 0.1) is 0 Å². The third-order valence-electron chi connectivity index (χ3n) is 1.60. The van der Waals surface area contributed by atoms with Gasteiger partial charge < -0.3 is 5.11 Å². The summed E-state index contributed by atoms with van der Waals surface area (Å²) in [7, 11) is 0. The highest BCUT2D eigenvalue weighted by molar-refractivity contribution is 7.99. The van der Waals surface area contributed by atoms with E-state index in [2.05, 4.69) is 10.3 Å². The third kappa shape index (κ3) is 3.86. The molecule has 1 heterocycles. The molecule has 0 aliphatic carbocycles. The van der Waals surface area contributed by atoms with Crippen LogP contribution < -0.4 is 11.3 Å². The van der Waals surface area contributed by atoms with Crippen molar-refractivity contribution in [2.24, 2.45) is 5.84 Å². The molecule has 0 aromatic carbocycles. The first-order chi connectivity index (χ1) is 7.27. The molecule has 1 amide bonds. The van der Waals surface area contributed by atoms with E-state index in [1.165, 1.54) is 6.20 Å². The Labute approximate surface area is 91.0 Å². The SMILES string of the molecule is NNC(=O)c1cn(CCSCCO)nn1. The Kier molecular flexibility index (Phi) is 5.08. The number of nitrogens with one attached hydrogen (secondary N) is 1. The van der Waals surface area contributed by atoms with Crippen LogP contribution in [0.1, 0.15) is 10.5 Å². The van der Waals surface area contributed by atoms with Gasteiger partial charge in [-0.15, -0.1) is 5.10 Å². The van der Waals surface area contributed by atoms with E-state index in [0.717, 1.165) is 5.75 Å². The number of nitrogens with two attached hydrogens (primary N) is 1. The van der Waals surface area contributed by atoms with Gasteiger partial charge in [-0.2, -0.15) is 11.8 Å². The lowest BCUT2D eigenvalue weighted by molar-refractivity contribution is 0.0948. The van der Waals surface area contributed by atoms with Crippen LogP contribution >= 0.6 is 11.8 Å². The minimum absolute atomic E-state index is 0.169. The van der Waals surface area contributed by atoms with Crippen LogP contribution in [0.15, 0.2) is 6.20 Å². The largest absolute Gasteiger partial charge is 0.396 e. The minimum atomic E-state index is -0.454. The number of hydrazine groups is 1. The molecule has 0 aliphatic rings. The van der Waals surface area contributed by atoms with E-state index in [9.17, 15) is 4.79 Å². The molecule has 7 nitrogen and oxygen atoms in total. The van der Waals surface area contributed by atoms with Crippen LogP contribution in [0.4, 0.5) is 0 Å². The second-order valence-corrected chi connectivity index (χ2v) is 3.90. The van der Waals surface area contributed by atoms with Crippen LogP contribution in [-0.4, -0.2) is 44.1 Å². The van der Waals surface area contributed by atoms with Crippen molar-refractivity contribution in [3.8, 4) is 0 Å². The summed E-state index contributed by atoms with van der Waals surface area (Å²) < 4.78 is 1.56. The number of rotatable bonds is 6. The van der Waals surface area contributed by atoms with Gasteiger partial charge in [-0.1, -0.05) is 5.21 Å². The summed E-state index contributed by atoms with van der Waals surface area (Å²) in [6.07, 6.45) is 1.53. The molecule has 0 atom stereocenters. The van der Waals surface area contributed by atoms with Crippen LogP contribution in [0.3, 0.4) is 0 Å². The molecular weight excluding hydrogens is 218 g/mol. The predicted octanol–water partition coefficient (Wildman–Crippen LogP) is -1.39. The average Bonchev–Trinajstić information content (AvgIpc) is 2.72. The number of thioether (sulfide) groups is 1. The lowest BCUT2D eigenvalue weighted by Crippen LogP contribution is -2.30. The fourth-order valence-corrected chi connectivity index (χ4v) is 1.56. The number of aliphatic hydroxyl groups excluding tert-OH is 1. The lowest BCUT2D eigenvalue weighted by Gasteiger charge is -1.98. The van der Waals surface area contributed by atoms with Gasteiger partial charge in [0.1, 0.15) is 0 Å². The first kappa shape index (κ1) is 12.0. The highest BCUT2D eigenvalue weighted by Crippen LogP contribution is 2.00. The van der Waals surface area contributed by atoms with Gasteiger partial charge in [-0.3, -0.25) is 14.9 Å². The zero-order valence-corrected chi connectivity index (χ0v) is 8.90. The Morgan fingerprint density at radius 2 is 2.47 bits per heavy atom. The fourth-order valence-electron chi connectivity index (χ4n) is 0.910. The van der Waals surface area contributed by atoms with Gasteiger partial charge in [-0.25, -0.2) is 5.84 Å². The minimum Gasteiger partial charge on any atom is -0.396 e. The van der Waals surface area contributed by atoms with Gasteiger partial charge >= 0.3 is 0 Å². The van der Waals surface area contributed by atoms with Crippen molar-refractivity contribution < 1.29 is 9.90 Å². The number of aromatic nitrogens is 3. The van der Waals surface area contributed by atoms with E-state index in [4.69, 9.17) is 10.9 Å². The molecule has 0 fully saturated rings. The summed E-state index contributed by atoms with van der Waals surface area (Å²) in [4.78, 5) is 11.0. The van der Waals surface area contributed by atoms with Crippen LogP contribution in [0.5, 0.6) is 0 Å². The molecule has 1 aromatic heterocycles. The summed E-state index contributed by atoms with van der Waals surface area (Å²) >= 11 is 1.61. The molecule has 84 valence electrons. The highest BCUT2D eigenvalue weighted by Gasteiger charge is 2.08. The smallest absolute Gasteiger partial charge is 0.287 e. The Balaban J connectivity index is 2.36. The molecule has 0 saturated heterocycles. The number of hydrogen-bond acceptors (Lipinski definition) is 6. The van der Waals surface area contributed by atoms with E-state index in [1.54, 1.807) is 16.4 Å². The van der Waals surface area contributed by atoms with Gasteiger partial charge in [0.15, 0.2) is 5.69 Å². The van der Waals surface area contributed by atoms with Gasteiger partial charge in [0.2, 0.25) is 0 Å². The Morgan fingerprint density at radius 1 is 1.67 bits per heavy atom. The number of nitrogen functional groups attached to an aromatic ring is 1. The fraction of sp³-hybridized carbons (Fsp3) is 0.571. The van der Waals surface area contributed by atoms with Crippen LogP contribution in [-0.2, 0) is 6.54 Å². The molecule has 0 saturated carbocycles. The lowest BCUT2D eigenvalue weighted by atomic mass is 10.5. The molecule has 8 heteroatoms. The molecule has 1 rings (SSSR count). The van der Waals surface area contributed by atoms with E-state index in [1.807, 2.05) is 5.43 Å². The molecule has 0 radical (unpaired) electrons. The Hall–Kier alpha value is -1.12. The third-order valence-corrected chi connectivity index (χ3v) is 2.55. The molecule has 0 spiro atoms. The number of carbonyl (C=O) groups is 1. The summed E-state index contributed by atoms with van der Waals surface area (Å²) in [5.74, 6) is 6.00. The Bertz CT molecular complexity index is 316. The number of nitrogens with zero attached hydrogens (tertiary/aromatic N) is 3. The predicted molar refractivity (Wildman–Crippen MR) is 56.1 cm³/mol. The van der Waals surface area contributed by atoms with Gasteiger partial charge in [0.25, 0.3) is 5.91 Å². The van der Waals surface area contributed by atoms with Crippen molar-refractivity contribution in [2.75, 3.05) is 18.1 Å². The summed E-state index contributed by atoms with van der Waals surface area (Å²) in [6, 6.07) is 0. The van der Waals surface area contributed by atoms with Crippen molar-refractivity contribution in [1.29, 1.82) is 0 Å². The van der Waals surface area contributed by atoms with Crippen LogP contribution in [0.25, 0.3) is 0 Å². The van der Waals surface area contributed by atoms with Crippen molar-refractivity contribution >= 4 is 17.7 Å². The molecule has 0 unspecified atom stereocenters. The van der Waals surface area contributed by atoms with Gasteiger partial charge in [0, 0.05) is 11.5 Å². The summed E-state index contributed by atoms with van der Waals surface area (Å²) in [6.45, 7) is 0.818. The zero-order valence-electron chi connectivity index (χ0n) is 8.09. The molecular formula is C7H13N5O2S. The van der Waals surface area contributed by atoms with Crippen molar-refractivity contribution in [1.82, 2.24) is 20.4 Å². The standard InChI is InChI=1S/C7H13N5O2S/c8-9-7(14)6-5-12(11-10-6)1-3-15-4-2-13/h5,13H,1-4,8H2,(H,9,14). The summed E-state index contributed by atoms with van der Waals surface area (Å²) in [5.41, 5.74) is 2.18. The topological polar surface area (TPSA) is 106 Å². The maximum absolute atomic E-state index is 11.0. The number of aliphatic hydroxyl groups is 1. The zero-order chi connectivity index (χ0) is 11.1. The van der Waals surface area contributed by atoms with E-state index < -0.39 is 5.91 Å². The van der Waals surface area contributed by atoms with E-state index >= 15 is 0 Å². The van der Waals surface area contributed by atoms with E-state index in [-0.39, 0.29) is 12.3 Å². The van der Waals surface area contributed by atoms with Gasteiger partial charge in [-0.05, 0) is 0 Å². The highest BCUT2D eigenvalue weighted by atomic mass is 32.2. The number of carbonyl (C=O) groups excluding carboxylic acids is 1. The first-order valence-corrected chi connectivity index (χ1v) is 5.53. The van der Waals surface area contributed by atoms with Crippen molar-refractivity contribution in [3.63, 3.8) is 0 Å². The number of hydrogen-bond donors (Lipinski definition) is 3. The Morgan fingerprint density at radius 3 is 3.13 bits per heavy atom. The van der Waals surface area contributed by atoms with Crippen molar-refractivity contribution in [2.45, 2.75) is 6.54 Å². The molecule has 15 heavy (non-hydrogen) atoms. The molecule has 0 bridgehead atoms. The molecule has 1 aromatic rings. The second kappa shape index (κ2) is 6.38. The van der Waals surface area contributed by atoms with E-state index in [0.29, 0.717) is 12.3 Å².